The van der Waals surface area contributed by atoms with Crippen molar-refractivity contribution >= 4 is 31.9 Å². The Morgan fingerprint density at radius 2 is 1.97 bits per heavy atom. The third-order valence-electron chi connectivity index (χ3n) is 5.55. The first-order valence-corrected chi connectivity index (χ1v) is 12.6. The van der Waals surface area contributed by atoms with E-state index in [1.54, 1.807) is 12.3 Å². The number of nitrogens with zero attached hydrogens (tertiary/aromatic N) is 1. The summed E-state index contributed by atoms with van der Waals surface area (Å²) in [7, 11) is -3.63. The van der Waals surface area contributed by atoms with Gasteiger partial charge in [-0.25, -0.2) is 13.1 Å². The highest BCUT2D eigenvalue weighted by atomic mass is 79.9. The Morgan fingerprint density at radius 1 is 1.20 bits per heavy atom. The Morgan fingerprint density at radius 3 is 2.63 bits per heavy atom. The molecule has 4 rings (SSSR count). The molecule has 7 nitrogen and oxygen atoms in total. The first-order valence-electron chi connectivity index (χ1n) is 10.3. The first kappa shape index (κ1) is 21.5. The van der Waals surface area contributed by atoms with Crippen LogP contribution in [0.25, 0.3) is 0 Å². The molecule has 2 fully saturated rings. The number of carbonyl (C=O) groups excluding carboxylic acids is 1. The smallest absolute Gasteiger partial charge is 0.252 e. The summed E-state index contributed by atoms with van der Waals surface area (Å²) in [6.45, 7) is 2.31. The van der Waals surface area contributed by atoms with Crippen LogP contribution in [-0.2, 0) is 10.0 Å². The number of sulfonamides is 1. The summed E-state index contributed by atoms with van der Waals surface area (Å²) in [6.07, 6.45) is 6.83. The number of likely N-dealkylation sites (tertiary alicyclic amines) is 1. The molecule has 1 amide bonds. The summed E-state index contributed by atoms with van der Waals surface area (Å²) in [5.74, 6) is 0.500. The van der Waals surface area contributed by atoms with Gasteiger partial charge in [-0.15, -0.1) is 0 Å². The summed E-state index contributed by atoms with van der Waals surface area (Å²) in [6, 6.07) is 8.27. The molecule has 1 saturated carbocycles. The van der Waals surface area contributed by atoms with Crippen LogP contribution in [0.3, 0.4) is 0 Å². The van der Waals surface area contributed by atoms with Crippen molar-refractivity contribution in [2.45, 2.75) is 49.1 Å². The van der Waals surface area contributed by atoms with Crippen LogP contribution in [0.2, 0.25) is 0 Å². The molecule has 1 saturated heterocycles. The molecule has 1 unspecified atom stereocenters. The second kappa shape index (κ2) is 9.21. The number of hydrogen-bond acceptors (Lipinski definition) is 5. The van der Waals surface area contributed by atoms with E-state index in [0.717, 1.165) is 44.5 Å². The van der Waals surface area contributed by atoms with Gasteiger partial charge in [0.25, 0.3) is 5.91 Å². The minimum atomic E-state index is -3.63. The van der Waals surface area contributed by atoms with Crippen LogP contribution >= 0.6 is 15.9 Å². The molecule has 2 aromatic rings. The number of nitrogens with one attached hydrogen (secondary N) is 2. The molecule has 0 radical (unpaired) electrons. The average Bonchev–Trinajstić information content (AvgIpc) is 3.37. The van der Waals surface area contributed by atoms with Crippen molar-refractivity contribution in [3.63, 3.8) is 0 Å². The number of carbonyl (C=O) groups is 1. The van der Waals surface area contributed by atoms with Crippen LogP contribution in [0.4, 0.5) is 0 Å². The molecule has 2 N–H and O–H groups in total. The maximum Gasteiger partial charge on any atom is 0.252 e. The number of piperidine rings is 1. The van der Waals surface area contributed by atoms with Gasteiger partial charge in [0.05, 0.1) is 22.8 Å². The normalized spacial score (nSPS) is 18.8. The van der Waals surface area contributed by atoms with E-state index in [-0.39, 0.29) is 22.9 Å². The SMILES string of the molecule is O=C(NCC(c1ccco1)N1CCCCC1)c1cc(S(=O)(=O)NC2CC2)ccc1Br. The minimum absolute atomic E-state index is 0.00882. The van der Waals surface area contributed by atoms with Crippen molar-refractivity contribution in [2.24, 2.45) is 0 Å². The molecule has 2 heterocycles. The Kier molecular flexibility index (Phi) is 6.62. The minimum Gasteiger partial charge on any atom is -0.468 e. The highest BCUT2D eigenvalue weighted by Gasteiger charge is 2.29. The lowest BCUT2D eigenvalue weighted by Crippen LogP contribution is -2.40. The number of benzene rings is 1. The Bertz CT molecular complexity index is 984. The second-order valence-corrected chi connectivity index (χ2v) is 10.4. The van der Waals surface area contributed by atoms with Crippen LogP contribution in [0.1, 0.15) is 54.3 Å². The number of hydrogen-bond donors (Lipinski definition) is 2. The van der Waals surface area contributed by atoms with Gasteiger partial charge in [0, 0.05) is 17.1 Å². The van der Waals surface area contributed by atoms with E-state index >= 15 is 0 Å². The Balaban J connectivity index is 1.49. The van der Waals surface area contributed by atoms with Gasteiger partial charge in [0.15, 0.2) is 0 Å². The predicted molar refractivity (Wildman–Crippen MR) is 117 cm³/mol. The molecule has 1 atom stereocenters. The van der Waals surface area contributed by atoms with Crippen LogP contribution in [0.15, 0.2) is 50.4 Å². The zero-order chi connectivity index (χ0) is 21.1. The van der Waals surface area contributed by atoms with Gasteiger partial charge in [0.1, 0.15) is 5.76 Å². The second-order valence-electron chi connectivity index (χ2n) is 7.88. The fourth-order valence-corrected chi connectivity index (χ4v) is 5.50. The van der Waals surface area contributed by atoms with Crippen LogP contribution in [-0.4, -0.2) is 44.9 Å². The largest absolute Gasteiger partial charge is 0.468 e. The van der Waals surface area contributed by atoms with E-state index in [0.29, 0.717) is 16.6 Å². The molecule has 1 aromatic heterocycles. The number of halogens is 1. The topological polar surface area (TPSA) is 91.7 Å². The van der Waals surface area contributed by atoms with Crippen molar-refractivity contribution in [3.8, 4) is 0 Å². The standard InChI is InChI=1S/C21H26BrN3O4S/c22-18-9-8-16(30(27,28)24-15-6-7-15)13-17(18)21(26)23-14-19(20-5-4-12-29-20)25-10-2-1-3-11-25/h4-5,8-9,12-13,15,19,24H,1-3,6-7,10-11,14H2,(H,23,26). The van der Waals surface area contributed by atoms with E-state index in [1.165, 1.54) is 18.6 Å². The summed E-state index contributed by atoms with van der Waals surface area (Å²) < 4.78 is 33.9. The van der Waals surface area contributed by atoms with Crippen molar-refractivity contribution in [1.29, 1.82) is 0 Å². The highest BCUT2D eigenvalue weighted by molar-refractivity contribution is 9.10. The van der Waals surface area contributed by atoms with Gasteiger partial charge in [-0.3, -0.25) is 9.69 Å². The first-order chi connectivity index (χ1) is 14.4. The summed E-state index contributed by atoms with van der Waals surface area (Å²) in [4.78, 5) is 15.4. The molecular formula is C21H26BrN3O4S. The molecule has 30 heavy (non-hydrogen) atoms. The monoisotopic (exact) mass is 495 g/mol. The molecule has 1 aliphatic heterocycles. The maximum absolute atomic E-state index is 12.9. The molecule has 162 valence electrons. The average molecular weight is 496 g/mol. The lowest BCUT2D eigenvalue weighted by molar-refractivity contribution is 0.0913. The van der Waals surface area contributed by atoms with Crippen molar-refractivity contribution in [3.05, 3.63) is 52.4 Å². The van der Waals surface area contributed by atoms with E-state index in [4.69, 9.17) is 4.42 Å². The van der Waals surface area contributed by atoms with Crippen molar-refractivity contribution < 1.29 is 17.6 Å². The molecule has 9 heteroatoms. The van der Waals surface area contributed by atoms with Crippen LogP contribution < -0.4 is 10.0 Å². The van der Waals surface area contributed by atoms with Crippen molar-refractivity contribution in [1.82, 2.24) is 14.9 Å². The third kappa shape index (κ3) is 5.14. The van der Waals surface area contributed by atoms with E-state index in [9.17, 15) is 13.2 Å². The van der Waals surface area contributed by atoms with E-state index in [1.807, 2.05) is 12.1 Å². The van der Waals surface area contributed by atoms with Crippen LogP contribution in [0, 0.1) is 0 Å². The Hall–Kier alpha value is -1.68. The molecule has 1 aromatic carbocycles. The summed E-state index contributed by atoms with van der Waals surface area (Å²) in [5.41, 5.74) is 0.297. The van der Waals surface area contributed by atoms with Crippen molar-refractivity contribution in [2.75, 3.05) is 19.6 Å². The Labute approximate surface area is 185 Å². The van der Waals surface area contributed by atoms with Crippen LogP contribution in [0.5, 0.6) is 0 Å². The third-order valence-corrected chi connectivity index (χ3v) is 7.76. The molecule has 1 aliphatic carbocycles. The highest BCUT2D eigenvalue weighted by Crippen LogP contribution is 2.27. The summed E-state index contributed by atoms with van der Waals surface area (Å²) in [5, 5.41) is 2.97. The summed E-state index contributed by atoms with van der Waals surface area (Å²) >= 11 is 3.38. The zero-order valence-corrected chi connectivity index (χ0v) is 19.0. The molecule has 2 aliphatic rings. The molecular weight excluding hydrogens is 470 g/mol. The maximum atomic E-state index is 12.9. The van der Waals surface area contributed by atoms with Gasteiger partial charge in [-0.1, -0.05) is 6.42 Å². The quantitative estimate of drug-likeness (QED) is 0.585. The molecule has 0 bridgehead atoms. The lowest BCUT2D eigenvalue weighted by Gasteiger charge is -2.33. The fraction of sp³-hybridized carbons (Fsp3) is 0.476. The number of furan rings is 1. The van der Waals surface area contributed by atoms with Gasteiger partial charge in [-0.2, -0.15) is 0 Å². The van der Waals surface area contributed by atoms with Gasteiger partial charge < -0.3 is 9.73 Å². The van der Waals surface area contributed by atoms with E-state index in [2.05, 4.69) is 30.9 Å². The van der Waals surface area contributed by atoms with Gasteiger partial charge >= 0.3 is 0 Å². The number of amides is 1. The lowest BCUT2D eigenvalue weighted by atomic mass is 10.1. The number of rotatable bonds is 8. The van der Waals surface area contributed by atoms with Gasteiger partial charge in [0.2, 0.25) is 10.0 Å². The predicted octanol–water partition coefficient (Wildman–Crippen LogP) is 3.44. The molecule has 0 spiro atoms. The fourth-order valence-electron chi connectivity index (χ4n) is 3.74. The zero-order valence-electron chi connectivity index (χ0n) is 16.6. The van der Waals surface area contributed by atoms with E-state index < -0.39 is 10.0 Å². The van der Waals surface area contributed by atoms with Gasteiger partial charge in [-0.05, 0) is 85.0 Å².